The van der Waals surface area contributed by atoms with Gasteiger partial charge in [0.2, 0.25) is 11.8 Å². The fourth-order valence-corrected chi connectivity index (χ4v) is 5.39. The molecule has 0 aliphatic carbocycles. The van der Waals surface area contributed by atoms with Gasteiger partial charge in [0.15, 0.2) is 5.17 Å². The summed E-state index contributed by atoms with van der Waals surface area (Å²) in [5.74, 6) is 0.139. The maximum atomic E-state index is 13.4. The summed E-state index contributed by atoms with van der Waals surface area (Å²) in [6.45, 7) is 0.407. The molecule has 9 nitrogen and oxygen atoms in total. The number of amidine groups is 2. The van der Waals surface area contributed by atoms with Crippen LogP contribution in [0.5, 0.6) is 5.75 Å². The lowest BCUT2D eigenvalue weighted by Crippen LogP contribution is -2.42. The number of methoxy groups -OCH3 is 1. The summed E-state index contributed by atoms with van der Waals surface area (Å²) in [5.41, 5.74) is 1.92. The van der Waals surface area contributed by atoms with Gasteiger partial charge in [-0.15, -0.1) is 11.3 Å². The van der Waals surface area contributed by atoms with Crippen LogP contribution in [-0.4, -0.2) is 52.5 Å². The Morgan fingerprint density at radius 1 is 1.08 bits per heavy atom. The number of thioether (sulfide) groups is 1. The minimum atomic E-state index is -0.863. The van der Waals surface area contributed by atoms with Crippen molar-refractivity contribution >= 4 is 63.2 Å². The number of benzene rings is 2. The van der Waals surface area contributed by atoms with Gasteiger partial charge in [-0.25, -0.2) is 9.89 Å². The van der Waals surface area contributed by atoms with Crippen LogP contribution in [0.3, 0.4) is 0 Å². The molecular weight excluding hydrogens is 510 g/mol. The van der Waals surface area contributed by atoms with Crippen molar-refractivity contribution in [1.82, 2.24) is 10.2 Å². The minimum Gasteiger partial charge on any atom is -0.495 e. The molecule has 2 aliphatic rings. The van der Waals surface area contributed by atoms with Crippen LogP contribution in [0.25, 0.3) is 0 Å². The van der Waals surface area contributed by atoms with Gasteiger partial charge in [0.05, 0.1) is 37.2 Å². The summed E-state index contributed by atoms with van der Waals surface area (Å²) in [7, 11) is 1.53. The molecule has 5 rings (SSSR count). The molecule has 2 aliphatic heterocycles. The van der Waals surface area contributed by atoms with E-state index in [1.165, 1.54) is 12.0 Å². The molecule has 0 saturated carbocycles. The molecule has 0 saturated heterocycles. The molecular formula is C26H23N5O4S2. The van der Waals surface area contributed by atoms with E-state index in [0.29, 0.717) is 40.2 Å². The number of thiophene rings is 1. The number of carbonyl (C=O) groups is 3. The molecule has 0 fully saturated rings. The molecule has 0 spiro atoms. The highest BCUT2D eigenvalue weighted by Crippen LogP contribution is 2.34. The van der Waals surface area contributed by atoms with Gasteiger partial charge in [0.25, 0.3) is 5.91 Å². The zero-order chi connectivity index (χ0) is 25.8. The van der Waals surface area contributed by atoms with Crippen LogP contribution in [0.4, 0.5) is 11.4 Å². The number of fused-ring (bicyclic) bond motifs is 3. The first-order chi connectivity index (χ1) is 18.0. The van der Waals surface area contributed by atoms with E-state index in [1.807, 2.05) is 47.8 Å². The van der Waals surface area contributed by atoms with E-state index in [1.54, 1.807) is 29.5 Å². The number of nitrogens with zero attached hydrogens (tertiary/aromatic N) is 3. The first kappa shape index (κ1) is 24.7. The second-order valence-corrected chi connectivity index (χ2v) is 10.1. The summed E-state index contributed by atoms with van der Waals surface area (Å²) < 4.78 is 5.29. The fourth-order valence-electron chi connectivity index (χ4n) is 3.94. The smallest absolute Gasteiger partial charge is 0.259 e. The average molecular weight is 534 g/mol. The highest BCUT2D eigenvalue weighted by Gasteiger charge is 2.42. The highest BCUT2D eigenvalue weighted by atomic mass is 32.2. The number of anilines is 1. The molecule has 3 amide bonds. The number of ether oxygens (including phenoxy) is 1. The predicted molar refractivity (Wildman–Crippen MR) is 146 cm³/mol. The molecule has 3 aromatic rings. The van der Waals surface area contributed by atoms with Gasteiger partial charge in [0, 0.05) is 10.4 Å². The van der Waals surface area contributed by atoms with E-state index in [4.69, 9.17) is 4.74 Å². The van der Waals surface area contributed by atoms with Crippen LogP contribution in [0, 0.1) is 0 Å². The van der Waals surface area contributed by atoms with E-state index in [9.17, 15) is 14.4 Å². The van der Waals surface area contributed by atoms with Crippen molar-refractivity contribution in [3.8, 4) is 5.75 Å². The van der Waals surface area contributed by atoms with Crippen molar-refractivity contribution in [1.29, 1.82) is 0 Å². The quantitative estimate of drug-likeness (QED) is 0.458. The number of para-hydroxylation sites is 3. The van der Waals surface area contributed by atoms with Crippen LogP contribution in [-0.2, 0) is 20.9 Å². The number of hydrogen-bond donors (Lipinski definition) is 2. The first-order valence-electron chi connectivity index (χ1n) is 11.5. The van der Waals surface area contributed by atoms with Gasteiger partial charge in [0.1, 0.15) is 17.6 Å². The second kappa shape index (κ2) is 11.0. The third-order valence-corrected chi connectivity index (χ3v) is 7.49. The Morgan fingerprint density at radius 3 is 2.70 bits per heavy atom. The van der Waals surface area contributed by atoms with E-state index in [2.05, 4.69) is 20.6 Å². The van der Waals surface area contributed by atoms with Crippen molar-refractivity contribution in [3.63, 3.8) is 0 Å². The summed E-state index contributed by atoms with van der Waals surface area (Å²) in [6, 6.07) is 17.5. The molecule has 188 valence electrons. The number of rotatable bonds is 8. The molecule has 0 bridgehead atoms. The normalized spacial score (nSPS) is 15.9. The van der Waals surface area contributed by atoms with Gasteiger partial charge in [-0.1, -0.05) is 42.1 Å². The Balaban J connectivity index is 1.29. The fraction of sp³-hybridized carbons (Fsp3) is 0.192. The van der Waals surface area contributed by atoms with Crippen molar-refractivity contribution < 1.29 is 19.1 Å². The van der Waals surface area contributed by atoms with Gasteiger partial charge < -0.3 is 15.4 Å². The predicted octanol–water partition coefficient (Wildman–Crippen LogP) is 3.79. The van der Waals surface area contributed by atoms with Crippen LogP contribution >= 0.6 is 23.1 Å². The number of nitrogens with one attached hydrogen (secondary N) is 2. The second-order valence-electron chi connectivity index (χ2n) is 8.15. The number of carbonyl (C=O) groups excluding carboxylic acids is 3. The number of aliphatic imine (C=N–C) groups is 2. The zero-order valence-corrected chi connectivity index (χ0v) is 21.5. The topological polar surface area (TPSA) is 112 Å². The maximum absolute atomic E-state index is 13.4. The molecule has 0 unspecified atom stereocenters. The average Bonchev–Trinajstić information content (AvgIpc) is 3.55. The number of amides is 3. The monoisotopic (exact) mass is 533 g/mol. The molecule has 3 heterocycles. The van der Waals surface area contributed by atoms with Crippen LogP contribution in [0.1, 0.15) is 16.9 Å². The Hall–Kier alpha value is -3.96. The molecule has 2 N–H and O–H groups in total. The van der Waals surface area contributed by atoms with E-state index < -0.39 is 6.04 Å². The van der Waals surface area contributed by atoms with Gasteiger partial charge in [-0.3, -0.25) is 19.4 Å². The minimum absolute atomic E-state index is 0.0159. The Kier molecular flexibility index (Phi) is 7.33. The van der Waals surface area contributed by atoms with E-state index >= 15 is 0 Å². The van der Waals surface area contributed by atoms with Crippen molar-refractivity contribution in [2.75, 3.05) is 18.2 Å². The van der Waals surface area contributed by atoms with Crippen LogP contribution in [0.15, 0.2) is 76.0 Å². The lowest BCUT2D eigenvalue weighted by atomic mass is 10.1. The molecule has 37 heavy (non-hydrogen) atoms. The van der Waals surface area contributed by atoms with E-state index in [0.717, 1.165) is 16.6 Å². The Labute approximate surface area is 221 Å². The van der Waals surface area contributed by atoms with E-state index in [-0.39, 0.29) is 29.9 Å². The van der Waals surface area contributed by atoms with Crippen LogP contribution in [0.2, 0.25) is 0 Å². The molecule has 0 radical (unpaired) electrons. The largest absolute Gasteiger partial charge is 0.495 e. The van der Waals surface area contributed by atoms with Crippen molar-refractivity contribution in [2.24, 2.45) is 9.98 Å². The lowest BCUT2D eigenvalue weighted by Gasteiger charge is -2.25. The van der Waals surface area contributed by atoms with Crippen LogP contribution < -0.4 is 15.4 Å². The maximum Gasteiger partial charge on any atom is 0.259 e. The highest BCUT2D eigenvalue weighted by molar-refractivity contribution is 8.14. The first-order valence-corrected chi connectivity index (χ1v) is 13.3. The molecule has 1 atom stereocenters. The SMILES string of the molecule is COc1ccccc1NC(=O)CSC1=Nc2ccccc2C2=N[C@H](CC(=O)NCc3cccs3)C(=O)N12. The third-order valence-electron chi connectivity index (χ3n) is 5.68. The third kappa shape index (κ3) is 5.42. The summed E-state index contributed by atoms with van der Waals surface area (Å²) in [4.78, 5) is 50.3. The van der Waals surface area contributed by atoms with Gasteiger partial charge in [-0.05, 0) is 35.7 Å². The summed E-state index contributed by atoms with van der Waals surface area (Å²) in [5, 5.41) is 7.97. The zero-order valence-electron chi connectivity index (χ0n) is 19.8. The van der Waals surface area contributed by atoms with Gasteiger partial charge >= 0.3 is 0 Å². The standard InChI is InChI=1S/C26H23N5O4S2/c1-35-21-11-5-4-10-19(21)28-23(33)15-37-26-30-18-9-3-2-8-17(18)24-29-20(25(34)31(24)26)13-22(32)27-14-16-7-6-12-36-16/h2-12,20H,13-15H2,1H3,(H,27,32)(H,28,33)/t20-/m1/s1. The summed E-state index contributed by atoms with van der Waals surface area (Å²) in [6.07, 6.45) is -0.0708. The number of hydrogen-bond acceptors (Lipinski definition) is 8. The summed E-state index contributed by atoms with van der Waals surface area (Å²) >= 11 is 2.69. The van der Waals surface area contributed by atoms with Gasteiger partial charge in [-0.2, -0.15) is 0 Å². The van der Waals surface area contributed by atoms with Crippen molar-refractivity contribution in [3.05, 3.63) is 76.5 Å². The Morgan fingerprint density at radius 2 is 1.89 bits per heavy atom. The molecule has 1 aromatic heterocycles. The van der Waals surface area contributed by atoms with Crippen molar-refractivity contribution in [2.45, 2.75) is 19.0 Å². The lowest BCUT2D eigenvalue weighted by molar-refractivity contribution is -0.128. The molecule has 2 aromatic carbocycles. The Bertz CT molecular complexity index is 1400. The molecule has 11 heteroatoms.